The van der Waals surface area contributed by atoms with E-state index in [1.54, 1.807) is 0 Å². The molecule has 0 heterocycles. The molecule has 0 aliphatic rings. The first kappa shape index (κ1) is 19.0. The molecule has 0 unspecified atom stereocenters. The molecule has 0 atom stereocenters. The van der Waals surface area contributed by atoms with Crippen LogP contribution in [0.1, 0.15) is 5.56 Å². The summed E-state index contributed by atoms with van der Waals surface area (Å²) in [4.78, 5) is 0. The fourth-order valence-electron chi connectivity index (χ4n) is 0.534. The van der Waals surface area contributed by atoms with Gasteiger partial charge >= 0.3 is 0 Å². The Balaban J connectivity index is -0.000000150. The van der Waals surface area contributed by atoms with E-state index < -0.39 is 0 Å². The number of rotatable bonds is 1. The zero-order valence-corrected chi connectivity index (χ0v) is 10.5. The van der Waals surface area contributed by atoms with Crippen molar-refractivity contribution in [3.63, 3.8) is 0 Å². The van der Waals surface area contributed by atoms with Crippen LogP contribution in [0, 0.1) is 6.92 Å². The Hall–Kier alpha value is 0.380. The second-order valence-electron chi connectivity index (χ2n) is 2.03. The Kier molecular flexibility index (Phi) is 21.8. The molecule has 78 valence electrons. The molecule has 13 heavy (non-hydrogen) atoms. The van der Waals surface area contributed by atoms with Crippen molar-refractivity contribution in [3.05, 3.63) is 35.9 Å². The largest absolute Gasteiger partial charge is 0.147 e. The van der Waals surface area contributed by atoms with Gasteiger partial charge in [0.1, 0.15) is 0 Å². The van der Waals surface area contributed by atoms with Crippen LogP contribution in [0.25, 0.3) is 0 Å². The maximum absolute atomic E-state index is 5.05. The molecule has 0 aliphatic carbocycles. The Bertz CT molecular complexity index is 163. The van der Waals surface area contributed by atoms with Gasteiger partial charge in [-0.2, -0.15) is 0 Å². The average molecular weight is 264 g/mol. The van der Waals surface area contributed by atoms with Crippen molar-refractivity contribution >= 4 is 48.0 Å². The highest BCUT2D eigenvalue weighted by molar-refractivity contribution is 6.25. The predicted molar refractivity (Wildman–Crippen MR) is 67.1 cm³/mol. The van der Waals surface area contributed by atoms with Crippen molar-refractivity contribution < 1.29 is 0 Å². The summed E-state index contributed by atoms with van der Waals surface area (Å²) < 4.78 is 0. The number of halogens is 4. The van der Waals surface area contributed by atoms with Crippen molar-refractivity contribution in [2.45, 2.75) is 6.92 Å². The fourth-order valence-corrected chi connectivity index (χ4v) is 0.534. The third-order valence-corrected chi connectivity index (χ3v) is 1.58. The Morgan fingerprint density at radius 2 is 1.31 bits per heavy atom. The van der Waals surface area contributed by atoms with Crippen molar-refractivity contribution in [2.24, 2.45) is 0 Å². The van der Waals surface area contributed by atoms with E-state index in [2.05, 4.69) is 19.1 Å². The third-order valence-electron chi connectivity index (χ3n) is 1.01. The molecule has 0 aliphatic heterocycles. The molecule has 0 bridgehead atoms. The van der Waals surface area contributed by atoms with Gasteiger partial charge in [0, 0.05) is 11.8 Å². The molecule has 1 aromatic carbocycles. The zero-order chi connectivity index (χ0) is 8.53. The summed E-state index contributed by atoms with van der Waals surface area (Å²) in [7, 11) is 0. The van der Waals surface area contributed by atoms with E-state index in [1.807, 2.05) is 18.2 Å². The van der Waals surface area contributed by atoms with Crippen LogP contribution in [0.15, 0.2) is 30.3 Å². The van der Waals surface area contributed by atoms with E-state index in [9.17, 15) is 0 Å². The van der Waals surface area contributed by atoms with Gasteiger partial charge in [0.25, 0.3) is 0 Å². The Morgan fingerprint density at radius 1 is 0.923 bits per heavy atom. The molecule has 0 nitrogen and oxygen atoms in total. The van der Waals surface area contributed by atoms with E-state index >= 15 is 0 Å². The minimum absolute atomic E-state index is 0. The minimum atomic E-state index is 0. The number of alkyl halides is 2. The van der Waals surface area contributed by atoms with Gasteiger partial charge < -0.3 is 0 Å². The highest BCUT2D eigenvalue weighted by Crippen LogP contribution is 1.92. The second kappa shape index (κ2) is 14.9. The van der Waals surface area contributed by atoms with Crippen molar-refractivity contribution in [1.29, 1.82) is 0 Å². The molecule has 0 aromatic heterocycles. The minimum Gasteiger partial charge on any atom is -0.147 e. The first-order chi connectivity index (χ1) is 5.31. The van der Waals surface area contributed by atoms with Gasteiger partial charge in [0.05, 0.1) is 0 Å². The van der Waals surface area contributed by atoms with Gasteiger partial charge in [0.2, 0.25) is 0 Å². The zero-order valence-electron chi connectivity index (χ0n) is 7.37. The lowest BCUT2D eigenvalue weighted by Crippen LogP contribution is -1.63. The van der Waals surface area contributed by atoms with Gasteiger partial charge in [0.15, 0.2) is 0 Å². The smallest absolute Gasteiger partial charge is 0.0359 e. The van der Waals surface area contributed by atoms with Gasteiger partial charge in [-0.1, -0.05) is 35.9 Å². The normalized spacial score (nSPS) is 7.00. The number of aryl methyl sites for hydroxylation is 1. The summed E-state index contributed by atoms with van der Waals surface area (Å²) in [6.45, 7) is 2.08. The molecule has 0 radical (unpaired) electrons. The molecule has 0 saturated carbocycles. The SMILES string of the molecule is Cc1ccccc1.Cl.Cl.ClCCCl. The van der Waals surface area contributed by atoms with Crippen LogP contribution >= 0.6 is 48.0 Å². The van der Waals surface area contributed by atoms with Crippen LogP contribution < -0.4 is 0 Å². The topological polar surface area (TPSA) is 0 Å². The Morgan fingerprint density at radius 3 is 1.46 bits per heavy atom. The van der Waals surface area contributed by atoms with Crippen LogP contribution in [-0.2, 0) is 0 Å². The molecule has 0 spiro atoms. The van der Waals surface area contributed by atoms with E-state index in [0.29, 0.717) is 11.8 Å². The van der Waals surface area contributed by atoms with Crippen molar-refractivity contribution in [1.82, 2.24) is 0 Å². The molecule has 1 aromatic rings. The van der Waals surface area contributed by atoms with Crippen LogP contribution in [0.2, 0.25) is 0 Å². The lowest BCUT2D eigenvalue weighted by Gasteiger charge is -1.82. The monoisotopic (exact) mass is 262 g/mol. The average Bonchev–Trinajstić information content (AvgIpc) is 2.07. The maximum atomic E-state index is 5.05. The summed E-state index contributed by atoms with van der Waals surface area (Å²) >= 11 is 10.1. The molecule has 0 N–H and O–H groups in total. The summed E-state index contributed by atoms with van der Waals surface area (Å²) in [5, 5.41) is 0. The summed E-state index contributed by atoms with van der Waals surface area (Å²) in [5.41, 5.74) is 1.32. The van der Waals surface area contributed by atoms with Crippen molar-refractivity contribution in [3.8, 4) is 0 Å². The highest BCUT2D eigenvalue weighted by Gasteiger charge is 1.72. The van der Waals surface area contributed by atoms with E-state index in [1.165, 1.54) is 5.56 Å². The molecular formula is C9H14Cl4. The van der Waals surface area contributed by atoms with E-state index in [0.717, 1.165) is 0 Å². The quantitative estimate of drug-likeness (QED) is 0.663. The second-order valence-corrected chi connectivity index (χ2v) is 2.79. The first-order valence-electron chi connectivity index (χ1n) is 3.45. The molecule has 0 fully saturated rings. The van der Waals surface area contributed by atoms with Crippen LogP contribution in [0.5, 0.6) is 0 Å². The van der Waals surface area contributed by atoms with Gasteiger partial charge in [-0.15, -0.1) is 48.0 Å². The van der Waals surface area contributed by atoms with Crippen LogP contribution in [-0.4, -0.2) is 11.8 Å². The number of hydrogen-bond acceptors (Lipinski definition) is 0. The first-order valence-corrected chi connectivity index (χ1v) is 4.51. The molecule has 4 heteroatoms. The maximum Gasteiger partial charge on any atom is 0.0359 e. The lowest BCUT2D eigenvalue weighted by atomic mass is 10.2. The molecule has 1 rings (SSSR count). The third kappa shape index (κ3) is 15.2. The standard InChI is InChI=1S/C7H8.C2H4Cl2.2ClH/c1-7-5-3-2-4-6-7;3-1-2-4;;/h2-6H,1H3;1-2H2;2*1H. The molecular weight excluding hydrogens is 250 g/mol. The summed E-state index contributed by atoms with van der Waals surface area (Å²) in [5.74, 6) is 1.11. The molecule has 0 amide bonds. The number of benzene rings is 1. The predicted octanol–water partition coefficient (Wildman–Crippen LogP) is 4.30. The van der Waals surface area contributed by atoms with Crippen molar-refractivity contribution in [2.75, 3.05) is 11.8 Å². The summed E-state index contributed by atoms with van der Waals surface area (Å²) in [6, 6.07) is 10.3. The Labute approximate surface area is 102 Å². The van der Waals surface area contributed by atoms with Gasteiger partial charge in [-0.25, -0.2) is 0 Å². The van der Waals surface area contributed by atoms with E-state index in [-0.39, 0.29) is 24.8 Å². The molecule has 0 saturated heterocycles. The lowest BCUT2D eigenvalue weighted by molar-refractivity contribution is 1.48. The highest BCUT2D eigenvalue weighted by atomic mass is 35.5. The van der Waals surface area contributed by atoms with Crippen LogP contribution in [0.4, 0.5) is 0 Å². The summed E-state index contributed by atoms with van der Waals surface area (Å²) in [6.07, 6.45) is 0. The number of hydrogen-bond donors (Lipinski definition) is 0. The van der Waals surface area contributed by atoms with Gasteiger partial charge in [-0.3, -0.25) is 0 Å². The van der Waals surface area contributed by atoms with E-state index in [4.69, 9.17) is 23.2 Å². The van der Waals surface area contributed by atoms with Gasteiger partial charge in [-0.05, 0) is 6.92 Å². The van der Waals surface area contributed by atoms with Crippen LogP contribution in [0.3, 0.4) is 0 Å². The fraction of sp³-hybridized carbons (Fsp3) is 0.333.